The average molecular weight is 745 g/mol. The molecule has 184 valence electrons. The second kappa shape index (κ2) is 12.0. The lowest BCUT2D eigenvalue weighted by Gasteiger charge is -2.12. The fourth-order valence-electron chi connectivity index (χ4n) is 3.38. The highest BCUT2D eigenvalue weighted by molar-refractivity contribution is 14.1. The molecule has 36 heavy (non-hydrogen) atoms. The van der Waals surface area contributed by atoms with Crippen molar-refractivity contribution in [3.8, 4) is 5.75 Å². The molecule has 0 atom stereocenters. The van der Waals surface area contributed by atoms with Crippen molar-refractivity contribution in [2.24, 2.45) is 4.99 Å². The molecule has 0 unspecified atom stereocenters. The van der Waals surface area contributed by atoms with Crippen molar-refractivity contribution < 1.29 is 19.4 Å². The summed E-state index contributed by atoms with van der Waals surface area (Å²) < 4.78 is 7.93. The first-order valence-corrected chi connectivity index (χ1v) is 14.1. The van der Waals surface area contributed by atoms with E-state index in [9.17, 15) is 14.7 Å². The Morgan fingerprint density at radius 1 is 1.14 bits per heavy atom. The molecule has 1 aliphatic rings. The van der Waals surface area contributed by atoms with E-state index in [1.165, 1.54) is 23.9 Å². The fraction of sp³-hybridized carbons (Fsp3) is 0.115. The van der Waals surface area contributed by atoms with Crippen molar-refractivity contribution in [2.75, 3.05) is 6.54 Å². The maximum absolute atomic E-state index is 13.1. The predicted octanol–water partition coefficient (Wildman–Crippen LogP) is 7.45. The van der Waals surface area contributed by atoms with Gasteiger partial charge in [-0.1, -0.05) is 29.8 Å². The lowest BCUT2D eigenvalue weighted by molar-refractivity contribution is -0.122. The van der Waals surface area contributed by atoms with Crippen LogP contribution in [-0.2, 0) is 11.4 Å². The van der Waals surface area contributed by atoms with Crippen LogP contribution in [0.25, 0.3) is 6.08 Å². The number of rotatable bonds is 7. The number of halogens is 3. The third-order valence-electron chi connectivity index (χ3n) is 5.14. The molecule has 0 bridgehead atoms. The van der Waals surface area contributed by atoms with Gasteiger partial charge in [0.2, 0.25) is 0 Å². The van der Waals surface area contributed by atoms with Gasteiger partial charge in [-0.15, -0.1) is 0 Å². The molecule has 1 saturated heterocycles. The Bertz CT molecular complexity index is 1370. The molecular formula is C26H19ClI2N2O4S. The number of aromatic carboxylic acids is 1. The van der Waals surface area contributed by atoms with Crippen molar-refractivity contribution in [3.63, 3.8) is 0 Å². The van der Waals surface area contributed by atoms with Crippen LogP contribution in [0.3, 0.4) is 0 Å². The van der Waals surface area contributed by atoms with E-state index in [1.54, 1.807) is 17.0 Å². The highest BCUT2D eigenvalue weighted by atomic mass is 127. The van der Waals surface area contributed by atoms with Crippen molar-refractivity contribution in [1.82, 2.24) is 4.90 Å². The van der Waals surface area contributed by atoms with Crippen molar-refractivity contribution in [2.45, 2.75) is 13.5 Å². The minimum atomic E-state index is -1.02. The summed E-state index contributed by atoms with van der Waals surface area (Å²) in [5.74, 6) is -0.372. The minimum absolute atomic E-state index is 0.135. The number of carboxylic acids is 1. The molecule has 3 aromatic carbocycles. The van der Waals surface area contributed by atoms with E-state index in [0.717, 1.165) is 24.0 Å². The van der Waals surface area contributed by atoms with Gasteiger partial charge < -0.3 is 9.84 Å². The van der Waals surface area contributed by atoms with E-state index in [2.05, 4.69) is 50.2 Å². The van der Waals surface area contributed by atoms with Gasteiger partial charge in [-0.3, -0.25) is 9.69 Å². The molecule has 0 spiro atoms. The van der Waals surface area contributed by atoms with Gasteiger partial charge in [0, 0.05) is 11.6 Å². The number of amides is 1. The highest BCUT2D eigenvalue weighted by Gasteiger charge is 2.32. The summed E-state index contributed by atoms with van der Waals surface area (Å²) in [6.45, 7) is 2.75. The average Bonchev–Trinajstić information content (AvgIpc) is 3.13. The summed E-state index contributed by atoms with van der Waals surface area (Å²) in [6.07, 6.45) is 1.85. The number of carbonyl (C=O) groups excluding carboxylic acids is 1. The Balaban J connectivity index is 1.56. The van der Waals surface area contributed by atoms with Crippen LogP contribution < -0.4 is 4.74 Å². The molecule has 6 nitrogen and oxygen atoms in total. The lowest BCUT2D eigenvalue weighted by atomic mass is 10.2. The number of likely N-dealkylation sites (N-methyl/N-ethyl adjacent to an activating group) is 1. The van der Waals surface area contributed by atoms with Crippen molar-refractivity contribution in [1.29, 1.82) is 0 Å². The Morgan fingerprint density at radius 2 is 1.83 bits per heavy atom. The van der Waals surface area contributed by atoms with Gasteiger partial charge in [0.25, 0.3) is 5.91 Å². The molecule has 0 aromatic heterocycles. The first kappa shape index (κ1) is 27.0. The van der Waals surface area contributed by atoms with Gasteiger partial charge in [0.05, 0.1) is 23.3 Å². The van der Waals surface area contributed by atoms with Crippen LogP contribution in [0.15, 0.2) is 70.6 Å². The molecule has 1 aliphatic heterocycles. The minimum Gasteiger partial charge on any atom is -0.487 e. The number of benzene rings is 3. The van der Waals surface area contributed by atoms with Gasteiger partial charge in [0.1, 0.15) is 12.4 Å². The molecule has 1 N–H and O–H groups in total. The molecule has 1 amide bonds. The second-order valence-corrected chi connectivity index (χ2v) is 11.4. The van der Waals surface area contributed by atoms with E-state index < -0.39 is 5.97 Å². The molecular weight excluding hydrogens is 726 g/mol. The zero-order valence-electron chi connectivity index (χ0n) is 18.9. The largest absolute Gasteiger partial charge is 0.487 e. The number of hydrogen-bond acceptors (Lipinski definition) is 5. The molecule has 1 fully saturated rings. The predicted molar refractivity (Wildman–Crippen MR) is 161 cm³/mol. The first-order chi connectivity index (χ1) is 17.2. The maximum Gasteiger partial charge on any atom is 0.335 e. The Morgan fingerprint density at radius 3 is 2.47 bits per heavy atom. The lowest BCUT2D eigenvalue weighted by Crippen LogP contribution is -2.28. The van der Waals surface area contributed by atoms with Crippen LogP contribution >= 0.6 is 68.5 Å². The van der Waals surface area contributed by atoms with Crippen LogP contribution in [0, 0.1) is 7.14 Å². The summed E-state index contributed by atoms with van der Waals surface area (Å²) >= 11 is 11.7. The van der Waals surface area contributed by atoms with Gasteiger partial charge in [-0.25, -0.2) is 9.79 Å². The maximum atomic E-state index is 13.1. The van der Waals surface area contributed by atoms with E-state index in [1.807, 2.05) is 49.4 Å². The molecule has 1 heterocycles. The zero-order valence-corrected chi connectivity index (χ0v) is 24.8. The number of hydrogen-bond donors (Lipinski definition) is 1. The number of thioether (sulfide) groups is 1. The third-order valence-corrected chi connectivity index (χ3v) is 8.00. The topological polar surface area (TPSA) is 79.2 Å². The van der Waals surface area contributed by atoms with Gasteiger partial charge >= 0.3 is 5.97 Å². The summed E-state index contributed by atoms with van der Waals surface area (Å²) in [4.78, 5) is 31.0. The molecule has 0 saturated carbocycles. The van der Waals surface area contributed by atoms with Gasteiger partial charge in [-0.05, 0) is 124 Å². The van der Waals surface area contributed by atoms with Crippen LogP contribution in [0.5, 0.6) is 5.75 Å². The van der Waals surface area contributed by atoms with Crippen LogP contribution in [-0.4, -0.2) is 33.6 Å². The third kappa shape index (κ3) is 6.42. The molecule has 0 aliphatic carbocycles. The quantitative estimate of drug-likeness (QED) is 0.201. The fourth-order valence-corrected chi connectivity index (χ4v) is 6.69. The number of amidine groups is 1. The van der Waals surface area contributed by atoms with Crippen LogP contribution in [0.4, 0.5) is 5.69 Å². The summed E-state index contributed by atoms with van der Waals surface area (Å²) in [7, 11) is 0. The van der Waals surface area contributed by atoms with Crippen LogP contribution in [0.1, 0.15) is 28.4 Å². The smallest absolute Gasteiger partial charge is 0.335 e. The number of aliphatic imine (C=N–C) groups is 1. The number of carbonyl (C=O) groups is 2. The summed E-state index contributed by atoms with van der Waals surface area (Å²) in [6, 6.07) is 17.8. The van der Waals surface area contributed by atoms with E-state index in [4.69, 9.17) is 16.3 Å². The second-order valence-electron chi connectivity index (χ2n) is 7.64. The van der Waals surface area contributed by atoms with E-state index in [0.29, 0.717) is 33.9 Å². The zero-order chi connectivity index (χ0) is 25.8. The summed E-state index contributed by atoms with van der Waals surface area (Å²) in [5.41, 5.74) is 2.53. The number of ether oxygens (including phenoxy) is 1. The highest BCUT2D eigenvalue weighted by Crippen LogP contribution is 2.36. The molecule has 3 aromatic rings. The number of nitrogens with zero attached hydrogens (tertiary/aromatic N) is 2. The standard InChI is InChI=1S/C26H19ClI2N2O4S/c1-2-31-24(32)22(36-26(31)30-19-5-3-4-17(13-19)25(33)34)12-16-10-20(28)23(21(29)11-16)35-14-15-6-8-18(27)9-7-15/h3-13H,2,14H2,1H3,(H,33,34). The van der Waals surface area contributed by atoms with E-state index in [-0.39, 0.29) is 11.5 Å². The van der Waals surface area contributed by atoms with Crippen molar-refractivity contribution in [3.05, 3.63) is 94.4 Å². The monoisotopic (exact) mass is 744 g/mol. The number of carboxylic acid groups (broad SMARTS) is 1. The molecule has 10 heteroatoms. The Hall–Kier alpha value is -2.09. The summed E-state index contributed by atoms with van der Waals surface area (Å²) in [5, 5.41) is 10.4. The SMILES string of the molecule is CCN1C(=O)C(=Cc2cc(I)c(OCc3ccc(Cl)cc3)c(I)c2)SC1=Nc1cccc(C(=O)O)c1. The van der Waals surface area contributed by atoms with Gasteiger partial charge in [-0.2, -0.15) is 0 Å². The van der Waals surface area contributed by atoms with Crippen molar-refractivity contribution >= 4 is 97.4 Å². The normalized spacial score (nSPS) is 15.7. The molecule has 0 radical (unpaired) electrons. The molecule has 4 rings (SSSR count). The van der Waals surface area contributed by atoms with E-state index >= 15 is 0 Å². The Kier molecular flexibility index (Phi) is 8.96. The Labute approximate surface area is 245 Å². The van der Waals surface area contributed by atoms with Crippen LogP contribution in [0.2, 0.25) is 5.02 Å². The van der Waals surface area contributed by atoms with Gasteiger partial charge in [0.15, 0.2) is 5.17 Å². The first-order valence-electron chi connectivity index (χ1n) is 10.7.